The van der Waals surface area contributed by atoms with Crippen LogP contribution in [0, 0.1) is 18.2 Å². The van der Waals surface area contributed by atoms with Gasteiger partial charge in [-0.15, -0.1) is 0 Å². The summed E-state index contributed by atoms with van der Waals surface area (Å²) in [4.78, 5) is 38.8. The van der Waals surface area contributed by atoms with E-state index in [0.29, 0.717) is 10.5 Å². The predicted molar refractivity (Wildman–Crippen MR) is 122 cm³/mol. The van der Waals surface area contributed by atoms with Gasteiger partial charge in [0, 0.05) is 17.5 Å². The zero-order chi connectivity index (χ0) is 27.1. The lowest BCUT2D eigenvalue weighted by Crippen LogP contribution is -2.62. The molecule has 194 valence electrons. The second kappa shape index (κ2) is 9.45. The molecule has 1 aliphatic heterocycles. The van der Waals surface area contributed by atoms with E-state index in [-0.39, 0.29) is 23.3 Å². The largest absolute Gasteiger partial charge is 0.508 e. The minimum atomic E-state index is -3.61. The molecule has 0 aliphatic carbocycles. The summed E-state index contributed by atoms with van der Waals surface area (Å²) in [5, 5.41) is 33.1. The highest BCUT2D eigenvalue weighted by Crippen LogP contribution is 2.48. The molecule has 0 saturated carbocycles. The van der Waals surface area contributed by atoms with Gasteiger partial charge in [-0.3, -0.25) is 9.59 Å². The first kappa shape index (κ1) is 27.0. The first-order valence-corrected chi connectivity index (χ1v) is 11.1. The summed E-state index contributed by atoms with van der Waals surface area (Å²) in [6.45, 7) is 2.13. The molecule has 2 aromatic rings. The van der Waals surface area contributed by atoms with Crippen molar-refractivity contribution >= 4 is 17.8 Å². The van der Waals surface area contributed by atoms with Crippen LogP contribution in [0.15, 0.2) is 42.5 Å². The summed E-state index contributed by atoms with van der Waals surface area (Å²) in [7, 11) is 0. The standard InChI is InChI=1S/C25H27F3N2O6/c1-14-17(8-5-9-18(14)31)20(32)29-24(36,11-10-15-6-4-7-16(26)12-15)22(35)30-13-25(27,28)23(2,3)19(30)21(33)34/h4-9,12,19,31,36H,10-11,13H2,1-3H3,(H,29,32)(H,33,34)/t19?,24-/m0/s1. The van der Waals surface area contributed by atoms with Crippen LogP contribution >= 0.6 is 0 Å². The first-order valence-electron chi connectivity index (χ1n) is 11.1. The Labute approximate surface area is 205 Å². The highest BCUT2D eigenvalue weighted by molar-refractivity contribution is 6.00. The van der Waals surface area contributed by atoms with Crippen LogP contribution in [0.3, 0.4) is 0 Å². The Morgan fingerprint density at radius 1 is 1.17 bits per heavy atom. The minimum Gasteiger partial charge on any atom is -0.508 e. The number of aliphatic carboxylic acids is 1. The van der Waals surface area contributed by atoms with Gasteiger partial charge in [-0.1, -0.05) is 32.0 Å². The van der Waals surface area contributed by atoms with Crippen LogP contribution in [0.1, 0.15) is 41.8 Å². The highest BCUT2D eigenvalue weighted by Gasteiger charge is 2.66. The van der Waals surface area contributed by atoms with Gasteiger partial charge in [0.05, 0.1) is 12.0 Å². The number of carboxylic acid groups (broad SMARTS) is 1. The Morgan fingerprint density at radius 2 is 1.81 bits per heavy atom. The number of phenols is 1. The second-order valence-electron chi connectivity index (χ2n) is 9.49. The number of amides is 2. The molecule has 2 atom stereocenters. The molecule has 1 saturated heterocycles. The Hall–Kier alpha value is -3.60. The number of nitrogens with one attached hydrogen (secondary N) is 1. The van der Waals surface area contributed by atoms with E-state index >= 15 is 0 Å². The van der Waals surface area contributed by atoms with Crippen molar-refractivity contribution in [1.82, 2.24) is 10.2 Å². The van der Waals surface area contributed by atoms with Crippen molar-refractivity contribution in [2.45, 2.75) is 51.3 Å². The molecule has 8 nitrogen and oxygen atoms in total. The average Bonchev–Trinajstić information content (AvgIpc) is 2.97. The number of benzene rings is 2. The molecule has 0 aromatic heterocycles. The van der Waals surface area contributed by atoms with Crippen molar-refractivity contribution < 1.29 is 42.9 Å². The summed E-state index contributed by atoms with van der Waals surface area (Å²) in [6, 6.07) is 7.20. The van der Waals surface area contributed by atoms with Gasteiger partial charge in [-0.25, -0.2) is 18.0 Å². The van der Waals surface area contributed by atoms with E-state index in [1.807, 2.05) is 0 Å². The van der Waals surface area contributed by atoms with Gasteiger partial charge in [0.15, 0.2) is 0 Å². The molecule has 1 aliphatic rings. The fourth-order valence-electron chi connectivity index (χ4n) is 4.33. The molecule has 3 rings (SSSR count). The molecule has 1 heterocycles. The third-order valence-corrected chi connectivity index (χ3v) is 6.69. The monoisotopic (exact) mass is 508 g/mol. The number of carboxylic acids is 1. The molecular formula is C25H27F3N2O6. The number of hydrogen-bond acceptors (Lipinski definition) is 5. The van der Waals surface area contributed by atoms with Crippen LogP contribution in [-0.2, 0) is 16.0 Å². The fourth-order valence-corrected chi connectivity index (χ4v) is 4.33. The van der Waals surface area contributed by atoms with Crippen LogP contribution < -0.4 is 5.32 Å². The summed E-state index contributed by atoms with van der Waals surface area (Å²) in [5.74, 6) is -8.58. The maximum Gasteiger partial charge on any atom is 0.327 e. The highest BCUT2D eigenvalue weighted by atomic mass is 19.3. The fraction of sp³-hybridized carbons (Fsp3) is 0.400. The lowest BCUT2D eigenvalue weighted by molar-refractivity contribution is -0.163. The normalized spacial score (nSPS) is 20.0. The number of likely N-dealkylation sites (tertiary alicyclic amines) is 1. The molecule has 1 unspecified atom stereocenters. The number of phenolic OH excluding ortho intramolecular Hbond substituents is 1. The molecule has 0 spiro atoms. The van der Waals surface area contributed by atoms with Crippen LogP contribution in [0.25, 0.3) is 0 Å². The van der Waals surface area contributed by atoms with Crippen molar-refractivity contribution in [3.63, 3.8) is 0 Å². The maximum absolute atomic E-state index is 14.8. The quantitative estimate of drug-likeness (QED) is 0.426. The van der Waals surface area contributed by atoms with Crippen molar-refractivity contribution in [3.8, 4) is 5.75 Å². The maximum atomic E-state index is 14.8. The summed E-state index contributed by atoms with van der Waals surface area (Å²) < 4.78 is 43.1. The van der Waals surface area contributed by atoms with Gasteiger partial charge in [0.25, 0.3) is 17.7 Å². The molecule has 2 aromatic carbocycles. The molecule has 36 heavy (non-hydrogen) atoms. The Balaban J connectivity index is 2.01. The Bertz CT molecular complexity index is 1200. The van der Waals surface area contributed by atoms with E-state index < -0.39 is 59.7 Å². The van der Waals surface area contributed by atoms with E-state index in [4.69, 9.17) is 0 Å². The van der Waals surface area contributed by atoms with Gasteiger partial charge in [-0.05, 0) is 43.2 Å². The molecule has 11 heteroatoms. The predicted octanol–water partition coefficient (Wildman–Crippen LogP) is 2.85. The van der Waals surface area contributed by atoms with Gasteiger partial charge in [0.2, 0.25) is 5.72 Å². The zero-order valence-corrected chi connectivity index (χ0v) is 19.9. The average molecular weight is 508 g/mol. The number of hydrogen-bond donors (Lipinski definition) is 4. The Kier molecular flexibility index (Phi) is 7.09. The minimum absolute atomic E-state index is 0.103. The van der Waals surface area contributed by atoms with E-state index in [1.54, 1.807) is 0 Å². The number of carbonyl (C=O) groups excluding carboxylic acids is 2. The Morgan fingerprint density at radius 3 is 2.42 bits per heavy atom. The van der Waals surface area contributed by atoms with Crippen molar-refractivity contribution in [1.29, 1.82) is 0 Å². The number of halogens is 3. The van der Waals surface area contributed by atoms with E-state index in [0.717, 1.165) is 19.9 Å². The van der Waals surface area contributed by atoms with Crippen molar-refractivity contribution in [2.75, 3.05) is 6.54 Å². The van der Waals surface area contributed by atoms with Crippen molar-refractivity contribution in [3.05, 3.63) is 65.0 Å². The molecule has 0 bridgehead atoms. The molecular weight excluding hydrogens is 481 g/mol. The van der Waals surface area contributed by atoms with E-state index in [2.05, 4.69) is 5.32 Å². The van der Waals surface area contributed by atoms with Gasteiger partial charge < -0.3 is 25.5 Å². The van der Waals surface area contributed by atoms with Crippen LogP contribution in [0.4, 0.5) is 13.2 Å². The number of aromatic hydroxyl groups is 1. The third-order valence-electron chi connectivity index (χ3n) is 6.69. The van der Waals surface area contributed by atoms with Gasteiger partial charge in [-0.2, -0.15) is 0 Å². The lowest BCUT2D eigenvalue weighted by Gasteiger charge is -2.35. The SMILES string of the molecule is Cc1c(O)cccc1C(=O)N[C@](O)(CCc1cccc(F)c1)C(=O)N1CC(F)(F)C(C)(C)C1C(=O)O. The third kappa shape index (κ3) is 4.88. The van der Waals surface area contributed by atoms with E-state index in [1.165, 1.54) is 43.3 Å². The number of alkyl halides is 2. The first-order chi connectivity index (χ1) is 16.6. The summed E-state index contributed by atoms with van der Waals surface area (Å²) in [5.41, 5.74) is -4.64. The lowest BCUT2D eigenvalue weighted by atomic mass is 9.81. The second-order valence-corrected chi connectivity index (χ2v) is 9.49. The number of aryl methyl sites for hydroxylation is 1. The van der Waals surface area contributed by atoms with Crippen LogP contribution in [0.5, 0.6) is 5.75 Å². The molecule has 1 fully saturated rings. The molecule has 4 N–H and O–H groups in total. The smallest absolute Gasteiger partial charge is 0.327 e. The van der Waals surface area contributed by atoms with Crippen LogP contribution in [-0.4, -0.2) is 62.2 Å². The number of carbonyl (C=O) groups is 3. The number of aliphatic hydroxyl groups is 1. The van der Waals surface area contributed by atoms with Crippen molar-refractivity contribution in [2.24, 2.45) is 5.41 Å². The number of nitrogens with zero attached hydrogens (tertiary/aromatic N) is 1. The molecule has 0 radical (unpaired) electrons. The molecule has 2 amide bonds. The van der Waals surface area contributed by atoms with Crippen LogP contribution in [0.2, 0.25) is 0 Å². The zero-order valence-electron chi connectivity index (χ0n) is 19.9. The van der Waals surface area contributed by atoms with E-state index in [9.17, 15) is 42.9 Å². The number of rotatable bonds is 7. The topological polar surface area (TPSA) is 127 Å². The van der Waals surface area contributed by atoms with Gasteiger partial charge >= 0.3 is 5.97 Å². The summed E-state index contributed by atoms with van der Waals surface area (Å²) in [6.07, 6.45) is -0.738. The van der Waals surface area contributed by atoms with Gasteiger partial charge in [0.1, 0.15) is 17.6 Å². The summed E-state index contributed by atoms with van der Waals surface area (Å²) >= 11 is 0.